The maximum absolute atomic E-state index is 12.0. The molecule has 0 aliphatic rings. The highest BCUT2D eigenvalue weighted by Gasteiger charge is 2.20. The standard InChI is InChI=1S/C14H18ClN3O2S2/c1-5-20-13(19)10-8(2)9-11(15)16-14(17-12(9)22-10)21-7-6-18(3)4/h5-7H2,1-4H3. The van der Waals surface area contributed by atoms with E-state index in [1.165, 1.54) is 11.3 Å². The molecule has 0 aliphatic heterocycles. The summed E-state index contributed by atoms with van der Waals surface area (Å²) in [5.41, 5.74) is 0.785. The Morgan fingerprint density at radius 2 is 2.14 bits per heavy atom. The molecule has 22 heavy (non-hydrogen) atoms. The zero-order valence-corrected chi connectivity index (χ0v) is 15.4. The molecule has 8 heteroatoms. The molecule has 0 aliphatic carbocycles. The number of carbonyl (C=O) groups is 1. The second-order valence-corrected chi connectivity index (χ2v) is 7.32. The van der Waals surface area contributed by atoms with Gasteiger partial charge in [0.1, 0.15) is 14.9 Å². The molecule has 2 aromatic rings. The molecule has 0 saturated carbocycles. The molecule has 0 bridgehead atoms. The Labute approximate surface area is 143 Å². The number of esters is 1. The van der Waals surface area contributed by atoms with Crippen molar-refractivity contribution < 1.29 is 9.53 Å². The molecule has 0 radical (unpaired) electrons. The van der Waals surface area contributed by atoms with Crippen LogP contribution in [0.5, 0.6) is 0 Å². The number of thioether (sulfide) groups is 1. The molecule has 2 heterocycles. The zero-order chi connectivity index (χ0) is 16.3. The number of ether oxygens (including phenoxy) is 1. The minimum absolute atomic E-state index is 0.333. The average Bonchev–Trinajstić information content (AvgIpc) is 2.76. The molecule has 0 saturated heterocycles. The van der Waals surface area contributed by atoms with Gasteiger partial charge in [0.25, 0.3) is 0 Å². The first-order valence-electron chi connectivity index (χ1n) is 6.85. The Hall–Kier alpha value is -0.890. The van der Waals surface area contributed by atoms with Gasteiger partial charge >= 0.3 is 5.97 Å². The van der Waals surface area contributed by atoms with Crippen molar-refractivity contribution >= 4 is 50.9 Å². The second kappa shape index (κ2) is 7.59. The van der Waals surface area contributed by atoms with Crippen LogP contribution >= 0.6 is 34.7 Å². The van der Waals surface area contributed by atoms with Crippen LogP contribution in [0.4, 0.5) is 0 Å². The van der Waals surface area contributed by atoms with Crippen molar-refractivity contribution in [2.24, 2.45) is 0 Å². The minimum Gasteiger partial charge on any atom is -0.462 e. The van der Waals surface area contributed by atoms with Gasteiger partial charge < -0.3 is 9.64 Å². The number of thiophene rings is 1. The molecule has 0 N–H and O–H groups in total. The smallest absolute Gasteiger partial charge is 0.348 e. The Morgan fingerprint density at radius 1 is 1.41 bits per heavy atom. The van der Waals surface area contributed by atoms with Gasteiger partial charge in [-0.05, 0) is 33.5 Å². The summed E-state index contributed by atoms with van der Waals surface area (Å²) >= 11 is 9.14. The number of aryl methyl sites for hydroxylation is 1. The molecular weight excluding hydrogens is 342 g/mol. The van der Waals surface area contributed by atoms with Crippen LogP contribution in [0.1, 0.15) is 22.2 Å². The van der Waals surface area contributed by atoms with E-state index in [1.54, 1.807) is 18.7 Å². The molecule has 0 amide bonds. The Bertz CT molecular complexity index is 688. The van der Waals surface area contributed by atoms with Crippen molar-refractivity contribution in [1.82, 2.24) is 14.9 Å². The summed E-state index contributed by atoms with van der Waals surface area (Å²) < 4.78 is 5.07. The number of rotatable bonds is 6. The topological polar surface area (TPSA) is 55.3 Å². The molecule has 2 rings (SSSR count). The van der Waals surface area contributed by atoms with Crippen LogP contribution in [-0.2, 0) is 4.74 Å². The van der Waals surface area contributed by atoms with E-state index in [9.17, 15) is 4.79 Å². The second-order valence-electron chi connectivity index (χ2n) is 4.91. The maximum Gasteiger partial charge on any atom is 0.348 e. The number of carbonyl (C=O) groups excluding carboxylic acids is 1. The van der Waals surface area contributed by atoms with Crippen LogP contribution in [0.15, 0.2) is 5.16 Å². The van der Waals surface area contributed by atoms with Crippen molar-refractivity contribution in [2.45, 2.75) is 19.0 Å². The van der Waals surface area contributed by atoms with E-state index in [4.69, 9.17) is 16.3 Å². The van der Waals surface area contributed by atoms with Crippen LogP contribution in [0.25, 0.3) is 10.2 Å². The lowest BCUT2D eigenvalue weighted by Crippen LogP contribution is -2.14. The van der Waals surface area contributed by atoms with Crippen molar-refractivity contribution in [1.29, 1.82) is 0 Å². The number of aromatic nitrogens is 2. The third kappa shape index (κ3) is 3.90. The average molecular weight is 360 g/mol. The first kappa shape index (κ1) is 17.5. The highest BCUT2D eigenvalue weighted by molar-refractivity contribution is 7.99. The SMILES string of the molecule is CCOC(=O)c1sc2nc(SCCN(C)C)nc(Cl)c2c1C. The molecule has 0 fully saturated rings. The van der Waals surface area contributed by atoms with E-state index in [0.717, 1.165) is 28.1 Å². The van der Waals surface area contributed by atoms with E-state index in [0.29, 0.717) is 21.8 Å². The van der Waals surface area contributed by atoms with Crippen molar-refractivity contribution in [3.63, 3.8) is 0 Å². The summed E-state index contributed by atoms with van der Waals surface area (Å²) in [6.07, 6.45) is 0. The largest absolute Gasteiger partial charge is 0.462 e. The zero-order valence-electron chi connectivity index (χ0n) is 13.0. The van der Waals surface area contributed by atoms with Gasteiger partial charge in [-0.15, -0.1) is 11.3 Å². The molecule has 0 atom stereocenters. The lowest BCUT2D eigenvalue weighted by molar-refractivity contribution is 0.0531. The lowest BCUT2D eigenvalue weighted by atomic mass is 10.2. The first-order chi connectivity index (χ1) is 10.4. The van der Waals surface area contributed by atoms with Crippen molar-refractivity contribution in [3.05, 3.63) is 15.6 Å². The quantitative estimate of drug-likeness (QED) is 0.340. The molecular formula is C14H18ClN3O2S2. The van der Waals surface area contributed by atoms with Gasteiger partial charge in [-0.1, -0.05) is 23.4 Å². The third-order valence-electron chi connectivity index (χ3n) is 2.96. The van der Waals surface area contributed by atoms with E-state index >= 15 is 0 Å². The summed E-state index contributed by atoms with van der Waals surface area (Å²) in [6, 6.07) is 0. The van der Waals surface area contributed by atoms with Crippen LogP contribution in [0, 0.1) is 6.92 Å². The third-order valence-corrected chi connectivity index (χ3v) is 5.22. The van der Waals surface area contributed by atoms with Gasteiger partial charge in [0, 0.05) is 12.3 Å². The first-order valence-corrected chi connectivity index (χ1v) is 9.03. The summed E-state index contributed by atoms with van der Waals surface area (Å²) in [6.45, 7) is 4.91. The molecule has 0 unspecified atom stereocenters. The van der Waals surface area contributed by atoms with Crippen LogP contribution in [0.2, 0.25) is 5.15 Å². The van der Waals surface area contributed by atoms with Gasteiger partial charge in [-0.2, -0.15) is 0 Å². The highest BCUT2D eigenvalue weighted by atomic mass is 35.5. The normalized spacial score (nSPS) is 11.4. The summed E-state index contributed by atoms with van der Waals surface area (Å²) in [4.78, 5) is 24.2. The van der Waals surface area contributed by atoms with Gasteiger partial charge in [-0.25, -0.2) is 14.8 Å². The van der Waals surface area contributed by atoms with E-state index in [-0.39, 0.29) is 5.97 Å². The fourth-order valence-electron chi connectivity index (χ4n) is 1.85. The summed E-state index contributed by atoms with van der Waals surface area (Å²) in [7, 11) is 4.04. The van der Waals surface area contributed by atoms with Crippen LogP contribution < -0.4 is 0 Å². The molecule has 2 aromatic heterocycles. The number of fused-ring (bicyclic) bond motifs is 1. The maximum atomic E-state index is 12.0. The molecule has 120 valence electrons. The summed E-state index contributed by atoms with van der Waals surface area (Å²) in [5.74, 6) is 0.546. The minimum atomic E-state index is -0.333. The lowest BCUT2D eigenvalue weighted by Gasteiger charge is -2.08. The van der Waals surface area contributed by atoms with Gasteiger partial charge in [0.05, 0.1) is 12.0 Å². The monoisotopic (exact) mass is 359 g/mol. The van der Waals surface area contributed by atoms with Crippen LogP contribution in [-0.4, -0.2) is 53.8 Å². The fourth-order valence-corrected chi connectivity index (χ4v) is 4.35. The number of hydrogen-bond donors (Lipinski definition) is 0. The van der Waals surface area contributed by atoms with Gasteiger partial charge in [-0.3, -0.25) is 0 Å². The predicted octanol–water partition coefficient (Wildman–Crippen LogP) is 3.48. The summed E-state index contributed by atoms with van der Waals surface area (Å²) in [5, 5.41) is 1.77. The van der Waals surface area contributed by atoms with E-state index < -0.39 is 0 Å². The number of nitrogens with zero attached hydrogens (tertiary/aromatic N) is 3. The van der Waals surface area contributed by atoms with E-state index in [1.807, 2.05) is 21.0 Å². The number of halogens is 1. The fraction of sp³-hybridized carbons (Fsp3) is 0.500. The molecule has 0 spiro atoms. The van der Waals surface area contributed by atoms with E-state index in [2.05, 4.69) is 14.9 Å². The number of hydrogen-bond acceptors (Lipinski definition) is 7. The van der Waals surface area contributed by atoms with Gasteiger partial charge in [0.2, 0.25) is 0 Å². The Kier molecular flexibility index (Phi) is 6.02. The van der Waals surface area contributed by atoms with Gasteiger partial charge in [0.15, 0.2) is 5.16 Å². The molecule has 5 nitrogen and oxygen atoms in total. The van der Waals surface area contributed by atoms with Crippen LogP contribution in [0.3, 0.4) is 0 Å². The highest BCUT2D eigenvalue weighted by Crippen LogP contribution is 2.35. The predicted molar refractivity (Wildman–Crippen MR) is 92.4 cm³/mol. The molecule has 0 aromatic carbocycles. The Balaban J connectivity index is 2.32. The van der Waals surface area contributed by atoms with Crippen molar-refractivity contribution in [2.75, 3.05) is 33.0 Å². The Morgan fingerprint density at radius 3 is 2.77 bits per heavy atom. The van der Waals surface area contributed by atoms with Crippen molar-refractivity contribution in [3.8, 4) is 0 Å².